The Kier molecular flexibility index (Phi) is 8.57. The van der Waals surface area contributed by atoms with Crippen LogP contribution in [-0.2, 0) is 19.1 Å². The first-order valence-corrected chi connectivity index (χ1v) is 12.7. The molecule has 0 radical (unpaired) electrons. The third kappa shape index (κ3) is 6.46. The minimum atomic E-state index is -0.836. The fourth-order valence-electron chi connectivity index (χ4n) is 5.54. The molecule has 2 aromatic rings. The van der Waals surface area contributed by atoms with Crippen molar-refractivity contribution in [2.75, 3.05) is 0 Å². The standard InChI is InChI=1S/C29H36O4/c30-28(32-26-20-12-2-1-10-18-24(26)22-14-6-3-7-15-22)29(31)33-27-21-13-5-11-19-25(27)23-16-8-4-9-17-23/h3-4,6-9,14-17,24-27H,1-2,5,10-13,18-21H2. The van der Waals surface area contributed by atoms with E-state index in [1.807, 2.05) is 36.4 Å². The lowest BCUT2D eigenvalue weighted by Crippen LogP contribution is -2.34. The molecule has 0 saturated heterocycles. The van der Waals surface area contributed by atoms with Gasteiger partial charge < -0.3 is 9.47 Å². The van der Waals surface area contributed by atoms with Gasteiger partial charge in [0.2, 0.25) is 0 Å². The fraction of sp³-hybridized carbons (Fsp3) is 0.517. The smallest absolute Gasteiger partial charge is 0.417 e. The molecule has 33 heavy (non-hydrogen) atoms. The van der Waals surface area contributed by atoms with E-state index in [-0.39, 0.29) is 24.0 Å². The summed E-state index contributed by atoms with van der Waals surface area (Å²) >= 11 is 0. The molecule has 0 spiro atoms. The van der Waals surface area contributed by atoms with Crippen LogP contribution in [0.3, 0.4) is 0 Å². The first-order chi connectivity index (χ1) is 16.2. The van der Waals surface area contributed by atoms with E-state index in [2.05, 4.69) is 24.3 Å². The van der Waals surface area contributed by atoms with Crippen molar-refractivity contribution in [3.63, 3.8) is 0 Å². The Bertz CT molecular complexity index is 879. The van der Waals surface area contributed by atoms with Gasteiger partial charge in [-0.05, 0) is 49.7 Å². The number of ether oxygens (including phenoxy) is 2. The zero-order valence-electron chi connectivity index (χ0n) is 19.5. The van der Waals surface area contributed by atoms with Crippen molar-refractivity contribution in [3.8, 4) is 0 Å². The fourth-order valence-corrected chi connectivity index (χ4v) is 5.54. The lowest BCUT2D eigenvalue weighted by Gasteiger charge is -2.30. The average molecular weight is 449 g/mol. The molecule has 4 rings (SSSR count). The zero-order chi connectivity index (χ0) is 22.9. The van der Waals surface area contributed by atoms with E-state index in [1.165, 1.54) is 17.5 Å². The van der Waals surface area contributed by atoms with Gasteiger partial charge in [-0.2, -0.15) is 0 Å². The molecule has 2 saturated carbocycles. The lowest BCUT2D eigenvalue weighted by molar-refractivity contribution is -0.176. The van der Waals surface area contributed by atoms with Crippen molar-refractivity contribution in [2.24, 2.45) is 0 Å². The number of carbonyl (C=O) groups is 2. The third-order valence-corrected chi connectivity index (χ3v) is 7.29. The molecule has 176 valence electrons. The minimum absolute atomic E-state index is 0.123. The number of esters is 2. The molecule has 0 amide bonds. The number of hydrogen-bond acceptors (Lipinski definition) is 4. The predicted molar refractivity (Wildman–Crippen MR) is 129 cm³/mol. The van der Waals surface area contributed by atoms with E-state index in [0.717, 1.165) is 64.2 Å². The quantitative estimate of drug-likeness (QED) is 0.297. The van der Waals surface area contributed by atoms with Crippen LogP contribution in [0.4, 0.5) is 0 Å². The summed E-state index contributed by atoms with van der Waals surface area (Å²) in [5.41, 5.74) is 2.35. The van der Waals surface area contributed by atoms with Gasteiger partial charge in [-0.15, -0.1) is 0 Å². The molecule has 0 heterocycles. The Morgan fingerprint density at radius 3 is 1.30 bits per heavy atom. The maximum atomic E-state index is 12.9. The number of carbonyl (C=O) groups excluding carboxylic acids is 2. The van der Waals surface area contributed by atoms with E-state index in [0.29, 0.717) is 0 Å². The Morgan fingerprint density at radius 1 is 0.515 bits per heavy atom. The van der Waals surface area contributed by atoms with Crippen LogP contribution >= 0.6 is 0 Å². The number of rotatable bonds is 4. The molecule has 2 aromatic carbocycles. The summed E-state index contributed by atoms with van der Waals surface area (Å²) in [4.78, 5) is 25.8. The second kappa shape index (κ2) is 12.0. The van der Waals surface area contributed by atoms with E-state index >= 15 is 0 Å². The van der Waals surface area contributed by atoms with Crippen LogP contribution in [0.5, 0.6) is 0 Å². The summed E-state index contributed by atoms with van der Waals surface area (Å²) in [6, 6.07) is 20.5. The molecule has 4 nitrogen and oxygen atoms in total. The number of benzene rings is 2. The summed E-state index contributed by atoms with van der Waals surface area (Å²) < 4.78 is 11.7. The summed E-state index contributed by atoms with van der Waals surface area (Å²) in [6.45, 7) is 0. The molecule has 4 unspecified atom stereocenters. The molecular weight excluding hydrogens is 412 g/mol. The number of hydrogen-bond donors (Lipinski definition) is 0. The van der Waals surface area contributed by atoms with Crippen LogP contribution in [0.25, 0.3) is 0 Å². The zero-order valence-corrected chi connectivity index (χ0v) is 19.5. The van der Waals surface area contributed by atoms with Gasteiger partial charge in [0.15, 0.2) is 0 Å². The topological polar surface area (TPSA) is 52.6 Å². The first kappa shape index (κ1) is 23.5. The summed E-state index contributed by atoms with van der Waals surface area (Å²) in [5, 5.41) is 0. The van der Waals surface area contributed by atoms with E-state index in [1.54, 1.807) is 0 Å². The molecule has 0 N–H and O–H groups in total. The Labute approximate surface area is 197 Å². The average Bonchev–Trinajstić information content (AvgIpc) is 3.07. The molecular formula is C29H36O4. The predicted octanol–water partition coefficient (Wildman–Crippen LogP) is 6.70. The monoisotopic (exact) mass is 448 g/mol. The van der Waals surface area contributed by atoms with Crippen LogP contribution in [0.1, 0.15) is 93.6 Å². The Morgan fingerprint density at radius 2 is 0.879 bits per heavy atom. The van der Waals surface area contributed by atoms with Crippen LogP contribution in [-0.4, -0.2) is 24.1 Å². The molecule has 4 atom stereocenters. The molecule has 2 aliphatic carbocycles. The minimum Gasteiger partial charge on any atom is -0.453 e. The maximum Gasteiger partial charge on any atom is 0.417 e. The van der Waals surface area contributed by atoms with E-state index in [4.69, 9.17) is 9.47 Å². The van der Waals surface area contributed by atoms with E-state index < -0.39 is 11.9 Å². The van der Waals surface area contributed by atoms with E-state index in [9.17, 15) is 9.59 Å². The molecule has 2 fully saturated rings. The van der Waals surface area contributed by atoms with Gasteiger partial charge in [-0.1, -0.05) is 92.8 Å². The molecule has 0 bridgehead atoms. The normalized spacial score (nSPS) is 26.3. The van der Waals surface area contributed by atoms with Gasteiger partial charge in [0.05, 0.1) is 0 Å². The van der Waals surface area contributed by atoms with Gasteiger partial charge in [0, 0.05) is 11.8 Å². The highest BCUT2D eigenvalue weighted by Crippen LogP contribution is 2.35. The Balaban J connectivity index is 1.44. The van der Waals surface area contributed by atoms with Crippen LogP contribution < -0.4 is 0 Å². The van der Waals surface area contributed by atoms with Crippen LogP contribution in [0.2, 0.25) is 0 Å². The van der Waals surface area contributed by atoms with Crippen molar-refractivity contribution < 1.29 is 19.1 Å². The molecule has 4 heteroatoms. The van der Waals surface area contributed by atoms with Gasteiger partial charge >= 0.3 is 11.9 Å². The van der Waals surface area contributed by atoms with Crippen LogP contribution in [0.15, 0.2) is 60.7 Å². The van der Waals surface area contributed by atoms with Crippen LogP contribution in [0, 0.1) is 0 Å². The largest absolute Gasteiger partial charge is 0.453 e. The third-order valence-electron chi connectivity index (χ3n) is 7.29. The highest BCUT2D eigenvalue weighted by Gasteiger charge is 2.34. The Hall–Kier alpha value is -2.62. The van der Waals surface area contributed by atoms with Crippen molar-refractivity contribution in [2.45, 2.75) is 94.7 Å². The van der Waals surface area contributed by atoms with Crippen molar-refractivity contribution in [3.05, 3.63) is 71.8 Å². The first-order valence-electron chi connectivity index (χ1n) is 12.7. The molecule has 0 aromatic heterocycles. The highest BCUT2D eigenvalue weighted by atomic mass is 16.6. The van der Waals surface area contributed by atoms with Gasteiger partial charge in [-0.3, -0.25) is 0 Å². The second-order valence-corrected chi connectivity index (χ2v) is 9.55. The van der Waals surface area contributed by atoms with Crippen molar-refractivity contribution >= 4 is 11.9 Å². The summed E-state index contributed by atoms with van der Waals surface area (Å²) in [6.07, 6.45) is 10.7. The van der Waals surface area contributed by atoms with Crippen molar-refractivity contribution in [1.82, 2.24) is 0 Å². The maximum absolute atomic E-state index is 12.9. The second-order valence-electron chi connectivity index (χ2n) is 9.55. The molecule has 2 aliphatic rings. The van der Waals surface area contributed by atoms with Gasteiger partial charge in [-0.25, -0.2) is 9.59 Å². The lowest BCUT2D eigenvalue weighted by atomic mass is 9.83. The van der Waals surface area contributed by atoms with Crippen molar-refractivity contribution in [1.29, 1.82) is 0 Å². The van der Waals surface area contributed by atoms with Gasteiger partial charge in [0.1, 0.15) is 12.2 Å². The summed E-state index contributed by atoms with van der Waals surface area (Å²) in [7, 11) is 0. The van der Waals surface area contributed by atoms with Gasteiger partial charge in [0.25, 0.3) is 0 Å². The highest BCUT2D eigenvalue weighted by molar-refractivity contribution is 6.29. The molecule has 0 aliphatic heterocycles. The SMILES string of the molecule is O=C(OC1CCCCCCC1c1ccccc1)C(=O)OC1CCCCCC1c1ccccc1. The summed E-state index contributed by atoms with van der Waals surface area (Å²) in [5.74, 6) is -1.42.